The van der Waals surface area contributed by atoms with E-state index in [1.807, 2.05) is 17.4 Å². The van der Waals surface area contributed by atoms with E-state index in [2.05, 4.69) is 193 Å². The van der Waals surface area contributed by atoms with Gasteiger partial charge in [-0.05, 0) is 46.5 Å². The molecule has 1 atom stereocenters. The summed E-state index contributed by atoms with van der Waals surface area (Å²) in [6.07, 6.45) is 0. The Morgan fingerprint density at radius 1 is 0.446 bits per heavy atom. The van der Waals surface area contributed by atoms with Gasteiger partial charge in [-0.2, -0.15) is 0 Å². The average molecular weight is 735 g/mol. The Morgan fingerprint density at radius 3 is 1.84 bits per heavy atom. The molecule has 0 radical (unpaired) electrons. The molecule has 1 unspecified atom stereocenters. The molecule has 0 spiro atoms. The van der Waals surface area contributed by atoms with Crippen molar-refractivity contribution in [2.75, 3.05) is 0 Å². The average Bonchev–Trinajstić information content (AvgIpc) is 3.85. The molecule has 8 aromatic carbocycles. The fourth-order valence-electron chi connectivity index (χ4n) is 8.39. The topological polar surface area (TPSA) is 37.5 Å². The lowest BCUT2D eigenvalue weighted by atomic mass is 9.83. The Labute approximate surface area is 328 Å². The second kappa shape index (κ2) is 13.4. The fourth-order valence-corrected chi connectivity index (χ4v) is 9.47. The number of aliphatic imine (C=N–C) groups is 1. The van der Waals surface area contributed by atoms with Crippen molar-refractivity contribution in [3.8, 4) is 22.3 Å². The maximum atomic E-state index is 7.23. The van der Waals surface area contributed by atoms with Crippen LogP contribution in [0, 0.1) is 0 Å². The van der Waals surface area contributed by atoms with E-state index in [0.29, 0.717) is 0 Å². The quantitative estimate of drug-likeness (QED) is 0.185. The first kappa shape index (κ1) is 32.4. The first-order valence-corrected chi connectivity index (χ1v) is 19.8. The second-order valence-corrected chi connectivity index (χ2v) is 15.4. The zero-order chi connectivity index (χ0) is 37.0. The first-order valence-electron chi connectivity index (χ1n) is 19.0. The molecule has 1 aliphatic rings. The van der Waals surface area contributed by atoms with E-state index in [4.69, 9.17) is 9.41 Å². The van der Waals surface area contributed by atoms with Crippen LogP contribution >= 0.6 is 11.3 Å². The van der Waals surface area contributed by atoms with E-state index >= 15 is 0 Å². The molecule has 2 aromatic heterocycles. The summed E-state index contributed by atoms with van der Waals surface area (Å²) < 4.78 is 9.82. The predicted octanol–water partition coefficient (Wildman–Crippen LogP) is 13.9. The number of nitrogens with one attached hydrogen (secondary N) is 1. The number of nitrogens with zero attached hydrogens (tertiary/aromatic N) is 1. The van der Waals surface area contributed by atoms with Gasteiger partial charge in [-0.1, -0.05) is 170 Å². The van der Waals surface area contributed by atoms with Crippen molar-refractivity contribution in [2.24, 2.45) is 4.99 Å². The van der Waals surface area contributed by atoms with Crippen molar-refractivity contribution >= 4 is 70.6 Å². The molecule has 11 rings (SSSR count). The molecule has 10 aromatic rings. The van der Waals surface area contributed by atoms with Gasteiger partial charge in [-0.3, -0.25) is 0 Å². The van der Waals surface area contributed by atoms with Crippen LogP contribution < -0.4 is 5.32 Å². The summed E-state index contributed by atoms with van der Waals surface area (Å²) in [6.45, 7) is 0. The van der Waals surface area contributed by atoms with Gasteiger partial charge in [0.1, 0.15) is 17.0 Å². The molecule has 0 saturated heterocycles. The number of hydrogen-bond donors (Lipinski definition) is 1. The van der Waals surface area contributed by atoms with Crippen molar-refractivity contribution < 1.29 is 4.42 Å². The largest absolute Gasteiger partial charge is 0.455 e. The zero-order valence-corrected chi connectivity index (χ0v) is 31.1. The Morgan fingerprint density at radius 2 is 1.07 bits per heavy atom. The molecule has 4 heteroatoms. The SMILES string of the molecule is c1ccc(C2=NC(c3ccccc3)=C(c3ccc4c(oc5c(-c6ccc7sc8ccccc8c7c6)cccc54)c3-c3ccccc3)C(c3ccccc3)N2)cc1. The van der Waals surface area contributed by atoms with Gasteiger partial charge in [-0.25, -0.2) is 4.99 Å². The highest BCUT2D eigenvalue weighted by Gasteiger charge is 2.32. The Hall–Kier alpha value is -7.01. The number of thiophene rings is 1. The number of rotatable bonds is 6. The zero-order valence-electron chi connectivity index (χ0n) is 30.3. The maximum Gasteiger partial charge on any atom is 0.143 e. The van der Waals surface area contributed by atoms with E-state index in [9.17, 15) is 0 Å². The van der Waals surface area contributed by atoms with Crippen LogP contribution in [0.4, 0.5) is 0 Å². The van der Waals surface area contributed by atoms with E-state index in [1.165, 1.54) is 20.2 Å². The summed E-state index contributed by atoms with van der Waals surface area (Å²) in [4.78, 5) is 5.46. The molecule has 264 valence electrons. The van der Waals surface area contributed by atoms with Gasteiger partial charge in [0, 0.05) is 58.8 Å². The van der Waals surface area contributed by atoms with Crippen LogP contribution in [-0.2, 0) is 0 Å². The van der Waals surface area contributed by atoms with Crippen LogP contribution in [0.5, 0.6) is 0 Å². The van der Waals surface area contributed by atoms with Crippen molar-refractivity contribution in [3.63, 3.8) is 0 Å². The standard InChI is InChI=1S/C52H34N2OS/c1-5-16-33(17-6-1)46-42(47-48(34-18-7-2-8-19-34)53-52(36-22-11-4-12-23-36)54-49(47)35-20-9-3-10-21-35)30-29-41-40-26-15-25-38(50(40)55-51(41)46)37-28-31-45-43(32-37)39-24-13-14-27-44(39)56-45/h1-32,48H,(H,53,54). The van der Waals surface area contributed by atoms with Crippen LogP contribution in [-0.4, -0.2) is 5.84 Å². The van der Waals surface area contributed by atoms with Gasteiger partial charge in [0.05, 0.1) is 11.7 Å². The van der Waals surface area contributed by atoms with Gasteiger partial charge in [0.2, 0.25) is 0 Å². The molecule has 0 fully saturated rings. The van der Waals surface area contributed by atoms with E-state index in [0.717, 1.165) is 83.6 Å². The summed E-state index contributed by atoms with van der Waals surface area (Å²) >= 11 is 1.84. The molecule has 1 aliphatic heterocycles. The summed E-state index contributed by atoms with van der Waals surface area (Å²) in [7, 11) is 0. The Bertz CT molecular complexity index is 3140. The van der Waals surface area contributed by atoms with Gasteiger partial charge in [0.25, 0.3) is 0 Å². The normalized spacial score (nSPS) is 14.4. The van der Waals surface area contributed by atoms with Crippen molar-refractivity contribution in [3.05, 3.63) is 216 Å². The van der Waals surface area contributed by atoms with Crippen molar-refractivity contribution in [1.29, 1.82) is 0 Å². The number of fused-ring (bicyclic) bond motifs is 6. The lowest BCUT2D eigenvalue weighted by molar-refractivity contribution is 0.671. The lowest BCUT2D eigenvalue weighted by Gasteiger charge is -2.32. The van der Waals surface area contributed by atoms with Crippen LogP contribution in [0.25, 0.3) is 75.6 Å². The van der Waals surface area contributed by atoms with E-state index < -0.39 is 0 Å². The molecular weight excluding hydrogens is 701 g/mol. The van der Waals surface area contributed by atoms with Gasteiger partial charge < -0.3 is 9.73 Å². The molecule has 0 amide bonds. The molecule has 0 aliphatic carbocycles. The second-order valence-electron chi connectivity index (χ2n) is 14.3. The highest BCUT2D eigenvalue weighted by molar-refractivity contribution is 7.25. The minimum atomic E-state index is -0.203. The minimum Gasteiger partial charge on any atom is -0.455 e. The lowest BCUT2D eigenvalue weighted by Crippen LogP contribution is -2.33. The minimum absolute atomic E-state index is 0.203. The number of furan rings is 1. The molecule has 3 heterocycles. The number of benzene rings is 8. The molecule has 1 N–H and O–H groups in total. The summed E-state index contributed by atoms with van der Waals surface area (Å²) in [5, 5.41) is 8.65. The van der Waals surface area contributed by atoms with Crippen molar-refractivity contribution in [2.45, 2.75) is 6.04 Å². The Balaban J connectivity index is 1.21. The first-order chi connectivity index (χ1) is 27.8. The summed E-state index contributed by atoms with van der Waals surface area (Å²) in [5.74, 6) is 0.841. The third kappa shape index (κ3) is 5.37. The molecular formula is C52H34N2OS. The van der Waals surface area contributed by atoms with Crippen LogP contribution in [0.3, 0.4) is 0 Å². The highest BCUT2D eigenvalue weighted by atomic mass is 32.1. The number of amidine groups is 1. The smallest absolute Gasteiger partial charge is 0.143 e. The van der Waals surface area contributed by atoms with Gasteiger partial charge >= 0.3 is 0 Å². The molecule has 56 heavy (non-hydrogen) atoms. The predicted molar refractivity (Wildman–Crippen MR) is 236 cm³/mol. The third-order valence-electron chi connectivity index (χ3n) is 11.0. The van der Waals surface area contributed by atoms with Crippen molar-refractivity contribution in [1.82, 2.24) is 5.32 Å². The highest BCUT2D eigenvalue weighted by Crippen LogP contribution is 2.48. The third-order valence-corrected chi connectivity index (χ3v) is 12.1. The van der Waals surface area contributed by atoms with Crippen LogP contribution in [0.1, 0.15) is 28.3 Å². The van der Waals surface area contributed by atoms with Crippen LogP contribution in [0.2, 0.25) is 0 Å². The van der Waals surface area contributed by atoms with E-state index in [-0.39, 0.29) is 6.04 Å². The molecule has 0 bridgehead atoms. The number of para-hydroxylation sites is 1. The van der Waals surface area contributed by atoms with E-state index in [1.54, 1.807) is 0 Å². The van der Waals surface area contributed by atoms with Gasteiger partial charge in [0.15, 0.2) is 0 Å². The summed E-state index contributed by atoms with van der Waals surface area (Å²) in [6, 6.07) is 68.7. The molecule has 3 nitrogen and oxygen atoms in total. The molecule has 0 saturated carbocycles. The monoisotopic (exact) mass is 734 g/mol. The fraction of sp³-hybridized carbons (Fsp3) is 0.0192. The van der Waals surface area contributed by atoms with Crippen LogP contribution in [0.15, 0.2) is 204 Å². The maximum absolute atomic E-state index is 7.23. The van der Waals surface area contributed by atoms with Gasteiger partial charge in [-0.15, -0.1) is 11.3 Å². The Kier molecular flexibility index (Phi) is 7.75. The summed E-state index contributed by atoms with van der Waals surface area (Å²) in [5.41, 5.74) is 12.5. The number of hydrogen-bond acceptors (Lipinski definition) is 4.